The number of anilines is 1. The lowest BCUT2D eigenvalue weighted by Crippen LogP contribution is -2.53. The number of nitrogens with one attached hydrogen (secondary N) is 1. The number of hydrogen-bond acceptors (Lipinski definition) is 4. The number of carbonyl (C=O) groups excluding carboxylic acids is 2. The molecule has 0 aliphatic carbocycles. The average Bonchev–Trinajstić information content (AvgIpc) is 2.87. The van der Waals surface area contributed by atoms with Gasteiger partial charge >= 0.3 is 0 Å². The van der Waals surface area contributed by atoms with Gasteiger partial charge in [-0.15, -0.1) is 0 Å². The van der Waals surface area contributed by atoms with E-state index in [1.54, 1.807) is 24.3 Å². The fourth-order valence-corrected chi connectivity index (χ4v) is 5.40. The summed E-state index contributed by atoms with van der Waals surface area (Å²) < 4.78 is 27.4. The fourth-order valence-electron chi connectivity index (χ4n) is 4.17. The van der Waals surface area contributed by atoms with Gasteiger partial charge in [0.2, 0.25) is 21.8 Å². The highest BCUT2D eigenvalue weighted by atomic mass is 79.9. The molecule has 38 heavy (non-hydrogen) atoms. The Hall–Kier alpha value is -3.17. The molecule has 0 spiro atoms. The van der Waals surface area contributed by atoms with Crippen LogP contribution in [0.3, 0.4) is 0 Å². The molecule has 2 amide bonds. The number of nitrogens with zero attached hydrogens (tertiary/aromatic N) is 2. The maximum atomic E-state index is 14.0. The highest BCUT2D eigenvalue weighted by Gasteiger charge is 2.33. The first-order chi connectivity index (χ1) is 18.1. The van der Waals surface area contributed by atoms with Crippen LogP contribution in [0, 0.1) is 6.92 Å². The molecule has 0 fully saturated rings. The van der Waals surface area contributed by atoms with Crippen molar-refractivity contribution in [3.8, 4) is 0 Å². The second-order valence-electron chi connectivity index (χ2n) is 9.26. The van der Waals surface area contributed by atoms with E-state index in [1.165, 1.54) is 4.90 Å². The lowest BCUT2D eigenvalue weighted by molar-refractivity contribution is -0.140. The fraction of sp³-hybridized carbons (Fsp3) is 0.310. The Balaban J connectivity index is 2.04. The molecule has 3 rings (SSSR count). The van der Waals surface area contributed by atoms with Crippen molar-refractivity contribution in [1.29, 1.82) is 0 Å². The van der Waals surface area contributed by atoms with Gasteiger partial charge in [0.05, 0.1) is 11.9 Å². The van der Waals surface area contributed by atoms with E-state index >= 15 is 0 Å². The molecular formula is C29H34BrN3O4S. The molecule has 7 nitrogen and oxygen atoms in total. The van der Waals surface area contributed by atoms with Crippen molar-refractivity contribution in [3.05, 3.63) is 100 Å². The Labute approximate surface area is 234 Å². The zero-order valence-corrected chi connectivity index (χ0v) is 24.3. The number of sulfonamides is 1. The molecule has 0 bridgehead atoms. The monoisotopic (exact) mass is 599 g/mol. The van der Waals surface area contributed by atoms with Crippen LogP contribution in [0.15, 0.2) is 83.3 Å². The highest BCUT2D eigenvalue weighted by Crippen LogP contribution is 2.23. The molecule has 1 atom stereocenters. The quantitative estimate of drug-likeness (QED) is 0.327. The smallest absolute Gasteiger partial charge is 0.244 e. The molecule has 0 aliphatic rings. The van der Waals surface area contributed by atoms with Crippen molar-refractivity contribution in [2.75, 3.05) is 23.7 Å². The van der Waals surface area contributed by atoms with Crippen LogP contribution in [0.1, 0.15) is 30.0 Å². The lowest BCUT2D eigenvalue weighted by atomic mass is 10.0. The number of amides is 2. The summed E-state index contributed by atoms with van der Waals surface area (Å²) in [5.41, 5.74) is 3.14. The van der Waals surface area contributed by atoms with Crippen molar-refractivity contribution in [1.82, 2.24) is 10.2 Å². The second-order valence-corrected chi connectivity index (χ2v) is 12.1. The van der Waals surface area contributed by atoms with E-state index in [2.05, 4.69) is 21.2 Å². The number of carbonyl (C=O) groups is 2. The number of aryl methyl sites for hydroxylation is 1. The van der Waals surface area contributed by atoms with Crippen LogP contribution in [0.25, 0.3) is 0 Å². The van der Waals surface area contributed by atoms with E-state index in [4.69, 9.17) is 0 Å². The molecule has 0 unspecified atom stereocenters. The SMILES string of the molecule is CCCNC(=O)[C@@H](Cc1ccccc1)N(Cc1cccc(C)c1)C(=O)CN(c1cccc(Br)c1)S(C)(=O)=O. The molecule has 1 N–H and O–H groups in total. The van der Waals surface area contributed by atoms with Crippen LogP contribution in [0.4, 0.5) is 5.69 Å². The first-order valence-corrected chi connectivity index (χ1v) is 15.1. The summed E-state index contributed by atoms with van der Waals surface area (Å²) in [4.78, 5) is 29.0. The summed E-state index contributed by atoms with van der Waals surface area (Å²) in [6, 6.07) is 23.2. The van der Waals surface area contributed by atoms with Gasteiger partial charge in [0.1, 0.15) is 12.6 Å². The van der Waals surface area contributed by atoms with E-state index in [0.29, 0.717) is 23.1 Å². The molecule has 3 aromatic carbocycles. The van der Waals surface area contributed by atoms with E-state index in [9.17, 15) is 18.0 Å². The van der Waals surface area contributed by atoms with Crippen LogP contribution < -0.4 is 9.62 Å². The Morgan fingerprint density at radius 2 is 1.63 bits per heavy atom. The zero-order valence-electron chi connectivity index (χ0n) is 21.9. The zero-order chi connectivity index (χ0) is 27.7. The average molecular weight is 601 g/mol. The molecule has 0 saturated carbocycles. The third-order valence-electron chi connectivity index (χ3n) is 6.03. The number of rotatable bonds is 12. The van der Waals surface area contributed by atoms with Crippen LogP contribution in [-0.2, 0) is 32.6 Å². The van der Waals surface area contributed by atoms with Gasteiger partial charge in [-0.3, -0.25) is 13.9 Å². The molecular weight excluding hydrogens is 566 g/mol. The third kappa shape index (κ3) is 8.43. The van der Waals surface area contributed by atoms with Gasteiger partial charge in [0, 0.05) is 24.0 Å². The van der Waals surface area contributed by atoms with Crippen LogP contribution >= 0.6 is 15.9 Å². The van der Waals surface area contributed by atoms with Crippen LogP contribution in [-0.4, -0.2) is 50.5 Å². The van der Waals surface area contributed by atoms with E-state index in [-0.39, 0.29) is 12.5 Å². The molecule has 3 aromatic rings. The Morgan fingerprint density at radius 3 is 2.26 bits per heavy atom. The molecule has 0 aliphatic heterocycles. The summed E-state index contributed by atoms with van der Waals surface area (Å²) in [5, 5.41) is 2.94. The predicted molar refractivity (Wildman–Crippen MR) is 155 cm³/mol. The summed E-state index contributed by atoms with van der Waals surface area (Å²) in [6.07, 6.45) is 2.12. The lowest BCUT2D eigenvalue weighted by Gasteiger charge is -2.33. The van der Waals surface area contributed by atoms with E-state index in [1.807, 2.05) is 68.4 Å². The molecule has 0 radical (unpaired) electrons. The van der Waals surface area contributed by atoms with Gasteiger partial charge in [-0.1, -0.05) is 89.1 Å². The van der Waals surface area contributed by atoms with Gasteiger partial charge in [-0.25, -0.2) is 8.42 Å². The second kappa shape index (κ2) is 13.6. The normalized spacial score (nSPS) is 12.0. The van der Waals surface area contributed by atoms with E-state index in [0.717, 1.165) is 33.7 Å². The molecule has 0 aromatic heterocycles. The number of hydrogen-bond donors (Lipinski definition) is 1. The van der Waals surface area contributed by atoms with Crippen LogP contribution in [0.2, 0.25) is 0 Å². The van der Waals surface area contributed by atoms with Gasteiger partial charge in [0.15, 0.2) is 0 Å². The molecule has 0 heterocycles. The molecule has 202 valence electrons. The first-order valence-electron chi connectivity index (χ1n) is 12.5. The van der Waals surface area contributed by atoms with Gasteiger partial charge in [-0.05, 0) is 42.7 Å². The topological polar surface area (TPSA) is 86.8 Å². The maximum Gasteiger partial charge on any atom is 0.244 e. The first kappa shape index (κ1) is 29.4. The minimum Gasteiger partial charge on any atom is -0.354 e. The van der Waals surface area contributed by atoms with Crippen molar-refractivity contribution in [2.24, 2.45) is 0 Å². The number of halogens is 1. The summed E-state index contributed by atoms with van der Waals surface area (Å²) >= 11 is 3.38. The van der Waals surface area contributed by atoms with Crippen molar-refractivity contribution in [2.45, 2.75) is 39.3 Å². The van der Waals surface area contributed by atoms with Crippen LogP contribution in [0.5, 0.6) is 0 Å². The van der Waals surface area contributed by atoms with Crippen molar-refractivity contribution < 1.29 is 18.0 Å². The summed E-state index contributed by atoms with van der Waals surface area (Å²) in [7, 11) is -3.80. The minimum absolute atomic E-state index is 0.160. The number of benzene rings is 3. The van der Waals surface area contributed by atoms with Crippen molar-refractivity contribution >= 4 is 43.5 Å². The van der Waals surface area contributed by atoms with Gasteiger partial charge < -0.3 is 10.2 Å². The Morgan fingerprint density at radius 1 is 0.947 bits per heavy atom. The van der Waals surface area contributed by atoms with Gasteiger partial charge in [0.25, 0.3) is 0 Å². The molecule has 9 heteroatoms. The predicted octanol–water partition coefficient (Wildman–Crippen LogP) is 4.69. The summed E-state index contributed by atoms with van der Waals surface area (Å²) in [5.74, 6) is -0.741. The largest absolute Gasteiger partial charge is 0.354 e. The maximum absolute atomic E-state index is 14.0. The highest BCUT2D eigenvalue weighted by molar-refractivity contribution is 9.10. The Kier molecular flexibility index (Phi) is 10.5. The molecule has 0 saturated heterocycles. The third-order valence-corrected chi connectivity index (χ3v) is 7.66. The summed E-state index contributed by atoms with van der Waals surface area (Å²) in [6.45, 7) is 4.12. The van der Waals surface area contributed by atoms with Crippen molar-refractivity contribution in [3.63, 3.8) is 0 Å². The minimum atomic E-state index is -3.80. The standard InChI is InChI=1S/C29H34BrN3O4S/c1-4-16-31-29(35)27(18-23-11-6-5-7-12-23)32(20-24-13-8-10-22(2)17-24)28(34)21-33(38(3,36)37)26-15-9-14-25(30)19-26/h5-15,17,19,27H,4,16,18,20-21H2,1-3H3,(H,31,35)/t27-/m1/s1. The van der Waals surface area contributed by atoms with Gasteiger partial charge in [-0.2, -0.15) is 0 Å². The van der Waals surface area contributed by atoms with E-state index < -0.39 is 28.5 Å². The Bertz CT molecular complexity index is 1350.